The van der Waals surface area contributed by atoms with Crippen LogP contribution in [0.2, 0.25) is 0 Å². The number of anilines is 1. The van der Waals surface area contributed by atoms with Gasteiger partial charge in [-0.1, -0.05) is 0 Å². The van der Waals surface area contributed by atoms with Crippen molar-refractivity contribution in [2.45, 2.75) is 18.0 Å². The molecule has 0 amide bonds. The van der Waals surface area contributed by atoms with Gasteiger partial charge in [0, 0.05) is 23.4 Å². The smallest absolute Gasteiger partial charge is 0.260 e. The molecule has 0 aromatic carbocycles. The molecule has 1 unspecified atom stereocenters. The minimum atomic E-state index is -3.68. The molecule has 0 saturated heterocycles. The zero-order valence-electron chi connectivity index (χ0n) is 10.5. The van der Waals surface area contributed by atoms with Crippen molar-refractivity contribution in [3.8, 4) is 0 Å². The summed E-state index contributed by atoms with van der Waals surface area (Å²) in [5, 5.41) is 1.81. The van der Waals surface area contributed by atoms with Crippen molar-refractivity contribution in [1.29, 1.82) is 0 Å². The van der Waals surface area contributed by atoms with E-state index >= 15 is 0 Å². The lowest BCUT2D eigenvalue weighted by atomic mass is 10.4. The van der Waals surface area contributed by atoms with Crippen LogP contribution in [-0.2, 0) is 10.0 Å². The van der Waals surface area contributed by atoms with Crippen molar-refractivity contribution in [3.63, 3.8) is 0 Å². The number of nitrogens with zero attached hydrogens (tertiary/aromatic N) is 2. The summed E-state index contributed by atoms with van der Waals surface area (Å²) in [6, 6.07) is -0.171. The number of nitrogens with one attached hydrogen (secondary N) is 2. The van der Waals surface area contributed by atoms with Crippen LogP contribution < -0.4 is 16.0 Å². The third kappa shape index (κ3) is 2.87. The van der Waals surface area contributed by atoms with Gasteiger partial charge in [-0.15, -0.1) is 11.3 Å². The van der Waals surface area contributed by atoms with E-state index in [4.69, 9.17) is 5.84 Å². The Morgan fingerprint density at radius 3 is 3.00 bits per heavy atom. The molecule has 1 atom stereocenters. The fourth-order valence-corrected chi connectivity index (χ4v) is 4.67. The highest BCUT2D eigenvalue weighted by Gasteiger charge is 2.26. The fourth-order valence-electron chi connectivity index (χ4n) is 1.72. The number of thioether (sulfide) groups is 1. The van der Waals surface area contributed by atoms with E-state index < -0.39 is 10.0 Å². The van der Waals surface area contributed by atoms with Gasteiger partial charge in [-0.05, 0) is 13.2 Å². The average molecular weight is 321 g/mol. The van der Waals surface area contributed by atoms with Gasteiger partial charge in [0.25, 0.3) is 10.0 Å². The molecule has 0 aliphatic heterocycles. The topological polar surface area (TPSA) is 102 Å². The summed E-state index contributed by atoms with van der Waals surface area (Å²) in [7, 11) is -3.68. The second-order valence-corrected chi connectivity index (χ2v) is 7.36. The van der Waals surface area contributed by atoms with E-state index in [1.165, 1.54) is 15.7 Å². The molecule has 2 aromatic rings. The van der Waals surface area contributed by atoms with Crippen LogP contribution in [0.1, 0.15) is 6.92 Å². The highest BCUT2D eigenvalue weighted by atomic mass is 32.2. The van der Waals surface area contributed by atoms with Gasteiger partial charge in [0.2, 0.25) is 5.03 Å². The van der Waals surface area contributed by atoms with E-state index in [1.54, 1.807) is 23.3 Å². The maximum absolute atomic E-state index is 12.4. The number of sulfonamides is 1. The molecule has 7 nitrogen and oxygen atoms in total. The lowest BCUT2D eigenvalue weighted by Gasteiger charge is -2.13. The second-order valence-electron chi connectivity index (χ2n) is 3.94. The summed E-state index contributed by atoms with van der Waals surface area (Å²) < 4.78 is 28.9. The average Bonchev–Trinajstić information content (AvgIpc) is 2.86. The Balaban J connectivity index is 2.44. The second kappa shape index (κ2) is 5.67. The Labute approximate surface area is 119 Å². The largest absolute Gasteiger partial charge is 0.306 e. The van der Waals surface area contributed by atoms with Crippen molar-refractivity contribution in [3.05, 3.63) is 11.6 Å². The third-order valence-electron chi connectivity index (χ3n) is 2.38. The number of nitrogen functional groups attached to an aromatic ring is 1. The summed E-state index contributed by atoms with van der Waals surface area (Å²) in [5.41, 5.74) is 2.33. The van der Waals surface area contributed by atoms with Crippen molar-refractivity contribution >= 4 is 43.9 Å². The Bertz CT molecular complexity index is 662. The monoisotopic (exact) mass is 321 g/mol. The Kier molecular flexibility index (Phi) is 4.36. The zero-order valence-corrected chi connectivity index (χ0v) is 12.9. The molecular formula is C9H15N5O2S3. The molecule has 0 spiro atoms. The van der Waals surface area contributed by atoms with Gasteiger partial charge in [0.05, 0.1) is 0 Å². The predicted molar refractivity (Wildman–Crippen MR) is 79.0 cm³/mol. The number of aromatic nitrogens is 2. The van der Waals surface area contributed by atoms with Gasteiger partial charge in [0.15, 0.2) is 10.8 Å². The number of fused-ring (bicyclic) bond motifs is 1. The Morgan fingerprint density at radius 2 is 2.37 bits per heavy atom. The molecule has 2 rings (SSSR count). The van der Waals surface area contributed by atoms with Crippen LogP contribution in [0.5, 0.6) is 0 Å². The van der Waals surface area contributed by atoms with E-state index in [9.17, 15) is 8.42 Å². The van der Waals surface area contributed by atoms with Gasteiger partial charge in [-0.2, -0.15) is 16.7 Å². The molecule has 0 bridgehead atoms. The van der Waals surface area contributed by atoms with Crippen molar-refractivity contribution in [2.75, 3.05) is 17.4 Å². The molecule has 0 aliphatic rings. The first-order valence-corrected chi connectivity index (χ1v) is 9.18. The first-order chi connectivity index (χ1) is 8.99. The Morgan fingerprint density at radius 1 is 1.63 bits per heavy atom. The Hall–Kier alpha value is -0.810. The maximum Gasteiger partial charge on any atom is 0.260 e. The number of rotatable bonds is 6. The molecular weight excluding hydrogens is 306 g/mol. The third-order valence-corrected chi connectivity index (χ3v) is 5.58. The number of nitrogens with two attached hydrogens (primary N) is 1. The van der Waals surface area contributed by atoms with Crippen LogP contribution in [0, 0.1) is 0 Å². The SMILES string of the molecule is CSCC(C)NS(=O)(=O)c1c(NN)nc2sccn12. The van der Waals surface area contributed by atoms with Gasteiger partial charge in [-0.25, -0.2) is 19.0 Å². The first kappa shape index (κ1) is 14.6. The number of hydrazine groups is 1. The number of imidazole rings is 1. The lowest BCUT2D eigenvalue weighted by Crippen LogP contribution is -2.35. The minimum absolute atomic E-state index is 0.0409. The summed E-state index contributed by atoms with van der Waals surface area (Å²) in [6.07, 6.45) is 3.58. The highest BCUT2D eigenvalue weighted by Crippen LogP contribution is 2.25. The first-order valence-electron chi connectivity index (χ1n) is 5.43. The molecule has 0 aliphatic carbocycles. The standard InChI is InChI=1S/C9H15N5O2S3/c1-6(5-17-2)13-19(15,16)8-7(12-10)11-9-14(8)3-4-18-9/h3-4,6,12-13H,5,10H2,1-2H3. The van der Waals surface area contributed by atoms with Crippen molar-refractivity contribution in [1.82, 2.24) is 14.1 Å². The highest BCUT2D eigenvalue weighted by molar-refractivity contribution is 7.98. The van der Waals surface area contributed by atoms with E-state index in [0.29, 0.717) is 10.7 Å². The van der Waals surface area contributed by atoms with E-state index in [1.807, 2.05) is 13.2 Å². The molecule has 106 valence electrons. The molecule has 2 heterocycles. The quantitative estimate of drug-likeness (QED) is 0.535. The van der Waals surface area contributed by atoms with Gasteiger partial charge in [-0.3, -0.25) is 4.40 Å². The van der Waals surface area contributed by atoms with E-state index in [2.05, 4.69) is 15.1 Å². The minimum Gasteiger partial charge on any atom is -0.306 e. The van der Waals surface area contributed by atoms with Crippen LogP contribution in [0.15, 0.2) is 16.6 Å². The summed E-state index contributed by atoms with van der Waals surface area (Å²) in [5.74, 6) is 6.18. The number of hydrogen-bond acceptors (Lipinski definition) is 7. The number of thiazole rings is 1. The van der Waals surface area contributed by atoms with Crippen LogP contribution >= 0.6 is 23.1 Å². The van der Waals surface area contributed by atoms with Crippen LogP contribution in [0.4, 0.5) is 5.82 Å². The van der Waals surface area contributed by atoms with E-state index in [0.717, 1.165) is 0 Å². The van der Waals surface area contributed by atoms with Gasteiger partial charge < -0.3 is 5.43 Å². The molecule has 4 N–H and O–H groups in total. The normalized spacial score (nSPS) is 13.8. The van der Waals surface area contributed by atoms with Crippen molar-refractivity contribution < 1.29 is 8.42 Å². The van der Waals surface area contributed by atoms with Crippen LogP contribution in [0.3, 0.4) is 0 Å². The summed E-state index contributed by atoms with van der Waals surface area (Å²) >= 11 is 2.92. The molecule has 0 radical (unpaired) electrons. The summed E-state index contributed by atoms with van der Waals surface area (Å²) in [6.45, 7) is 1.81. The lowest BCUT2D eigenvalue weighted by molar-refractivity contribution is 0.566. The summed E-state index contributed by atoms with van der Waals surface area (Å²) in [4.78, 5) is 4.71. The van der Waals surface area contributed by atoms with E-state index in [-0.39, 0.29) is 16.9 Å². The molecule has 0 saturated carbocycles. The fraction of sp³-hybridized carbons (Fsp3) is 0.444. The van der Waals surface area contributed by atoms with Gasteiger partial charge >= 0.3 is 0 Å². The maximum atomic E-state index is 12.4. The zero-order chi connectivity index (χ0) is 14.0. The molecule has 2 aromatic heterocycles. The van der Waals surface area contributed by atoms with Crippen LogP contribution in [-0.4, -0.2) is 35.9 Å². The van der Waals surface area contributed by atoms with Crippen LogP contribution in [0.25, 0.3) is 4.96 Å². The molecule has 10 heteroatoms. The predicted octanol–water partition coefficient (Wildman–Crippen LogP) is 0.711. The van der Waals surface area contributed by atoms with Crippen molar-refractivity contribution in [2.24, 2.45) is 5.84 Å². The molecule has 0 fully saturated rings. The molecule has 19 heavy (non-hydrogen) atoms. The number of hydrogen-bond donors (Lipinski definition) is 3. The van der Waals surface area contributed by atoms with Gasteiger partial charge in [0.1, 0.15) is 0 Å².